The molecule has 0 atom stereocenters. The molecule has 2 rings (SSSR count). The van der Waals surface area contributed by atoms with Crippen LogP contribution in [0.25, 0.3) is 0 Å². The summed E-state index contributed by atoms with van der Waals surface area (Å²) in [4.78, 5) is 48.3. The summed E-state index contributed by atoms with van der Waals surface area (Å²) in [6.45, 7) is 4.27. The van der Waals surface area contributed by atoms with Gasteiger partial charge in [0.1, 0.15) is 10.7 Å². The minimum absolute atomic E-state index is 0.212. The van der Waals surface area contributed by atoms with E-state index in [0.29, 0.717) is 16.3 Å². The van der Waals surface area contributed by atoms with Gasteiger partial charge in [0.2, 0.25) is 5.91 Å². The number of carbonyl (C=O) groups is 4. The molecule has 0 fully saturated rings. The lowest BCUT2D eigenvalue weighted by Crippen LogP contribution is -2.35. The van der Waals surface area contributed by atoms with E-state index in [-0.39, 0.29) is 11.5 Å². The summed E-state index contributed by atoms with van der Waals surface area (Å²) in [6, 6.07) is 3.23. The molecule has 9 heteroatoms. The molecule has 138 valence electrons. The van der Waals surface area contributed by atoms with E-state index in [0.717, 1.165) is 4.88 Å². The van der Waals surface area contributed by atoms with Crippen LogP contribution in [0.4, 0.5) is 5.00 Å². The Kier molecular flexibility index (Phi) is 5.93. The van der Waals surface area contributed by atoms with Crippen LogP contribution < -0.4 is 10.6 Å². The zero-order valence-electron chi connectivity index (χ0n) is 14.8. The Morgan fingerprint density at radius 1 is 1.23 bits per heavy atom. The highest BCUT2D eigenvalue weighted by Crippen LogP contribution is 2.32. The molecule has 26 heavy (non-hydrogen) atoms. The number of hydrogen-bond donors (Lipinski definition) is 2. The highest BCUT2D eigenvalue weighted by atomic mass is 32.1. The molecule has 0 aliphatic carbocycles. The number of ether oxygens (including phenoxy) is 1. The van der Waals surface area contributed by atoms with Crippen molar-refractivity contribution in [3.05, 3.63) is 40.0 Å². The van der Waals surface area contributed by atoms with Crippen LogP contribution in [-0.4, -0.2) is 34.9 Å². The molecule has 3 amide bonds. The minimum Gasteiger partial charge on any atom is -0.452 e. The molecule has 2 aromatic heterocycles. The fourth-order valence-electron chi connectivity index (χ4n) is 2.25. The highest BCUT2D eigenvalue weighted by Gasteiger charge is 2.23. The summed E-state index contributed by atoms with van der Waals surface area (Å²) >= 11 is 1.25. The second-order valence-corrected chi connectivity index (χ2v) is 6.85. The lowest BCUT2D eigenvalue weighted by molar-refractivity contribution is -0.123. The van der Waals surface area contributed by atoms with E-state index in [9.17, 15) is 19.2 Å². The second kappa shape index (κ2) is 7.96. The van der Waals surface area contributed by atoms with Gasteiger partial charge in [0.25, 0.3) is 11.8 Å². The smallest absolute Gasteiger partial charge is 0.341 e. The highest BCUT2D eigenvalue weighted by molar-refractivity contribution is 7.16. The predicted molar refractivity (Wildman–Crippen MR) is 96.3 cm³/mol. The number of rotatable bonds is 5. The number of aryl methyl sites for hydroxylation is 2. The quantitative estimate of drug-likeness (QED) is 0.773. The molecule has 0 saturated heterocycles. The number of nitrogens with zero attached hydrogens (tertiary/aromatic N) is 1. The summed E-state index contributed by atoms with van der Waals surface area (Å²) in [5, 5.41) is 5.11. The predicted octanol–water partition coefficient (Wildman–Crippen LogP) is 1.78. The number of hydrogen-bond acceptors (Lipinski definition) is 6. The maximum atomic E-state index is 12.3. The van der Waals surface area contributed by atoms with E-state index >= 15 is 0 Å². The standard InChI is InChI=1S/C17H19N3O5S/c1-9-10(2)26-16(18-11(3)21)14(9)17(24)25-8-13(22)19-15(23)12-6-5-7-20(12)4/h5-7H,8H2,1-4H3,(H,18,21)(H,19,22,23). The molecule has 0 spiro atoms. The number of thiophene rings is 1. The van der Waals surface area contributed by atoms with Crippen LogP contribution in [0.3, 0.4) is 0 Å². The molecule has 0 aromatic carbocycles. The lowest BCUT2D eigenvalue weighted by Gasteiger charge is -2.08. The molecule has 0 unspecified atom stereocenters. The Labute approximate surface area is 154 Å². The van der Waals surface area contributed by atoms with Gasteiger partial charge in [-0.2, -0.15) is 0 Å². The van der Waals surface area contributed by atoms with Crippen LogP contribution in [-0.2, 0) is 21.4 Å². The van der Waals surface area contributed by atoms with E-state index < -0.39 is 24.4 Å². The maximum absolute atomic E-state index is 12.3. The van der Waals surface area contributed by atoms with Crippen LogP contribution in [0.1, 0.15) is 38.2 Å². The number of amides is 3. The molecular formula is C17H19N3O5S. The number of carbonyl (C=O) groups excluding carboxylic acids is 4. The zero-order valence-corrected chi connectivity index (χ0v) is 15.7. The van der Waals surface area contributed by atoms with Gasteiger partial charge in [-0.05, 0) is 31.5 Å². The van der Waals surface area contributed by atoms with Crippen molar-refractivity contribution in [2.75, 3.05) is 11.9 Å². The Morgan fingerprint density at radius 2 is 1.92 bits per heavy atom. The van der Waals surface area contributed by atoms with Crippen molar-refractivity contribution >= 4 is 40.0 Å². The third-order valence-electron chi connectivity index (χ3n) is 3.64. The molecule has 0 radical (unpaired) electrons. The first kappa shape index (κ1) is 19.4. The van der Waals surface area contributed by atoms with Gasteiger partial charge >= 0.3 is 5.97 Å². The Morgan fingerprint density at radius 3 is 2.50 bits per heavy atom. The van der Waals surface area contributed by atoms with Gasteiger partial charge in [-0.25, -0.2) is 4.79 Å². The largest absolute Gasteiger partial charge is 0.452 e. The van der Waals surface area contributed by atoms with Crippen molar-refractivity contribution in [1.82, 2.24) is 9.88 Å². The molecule has 0 saturated carbocycles. The van der Waals surface area contributed by atoms with Crippen LogP contribution in [0.5, 0.6) is 0 Å². The maximum Gasteiger partial charge on any atom is 0.341 e. The molecule has 8 nitrogen and oxygen atoms in total. The average molecular weight is 377 g/mol. The summed E-state index contributed by atoms with van der Waals surface area (Å²) in [7, 11) is 1.67. The van der Waals surface area contributed by atoms with Crippen molar-refractivity contribution in [3.8, 4) is 0 Å². The van der Waals surface area contributed by atoms with Gasteiger partial charge in [-0.1, -0.05) is 0 Å². The number of nitrogens with one attached hydrogen (secondary N) is 2. The monoisotopic (exact) mass is 377 g/mol. The van der Waals surface area contributed by atoms with E-state index in [2.05, 4.69) is 10.6 Å². The molecule has 2 heterocycles. The van der Waals surface area contributed by atoms with Crippen molar-refractivity contribution in [2.24, 2.45) is 7.05 Å². The summed E-state index contributed by atoms with van der Waals surface area (Å²) in [6.07, 6.45) is 1.67. The summed E-state index contributed by atoms with van der Waals surface area (Å²) in [5.41, 5.74) is 1.19. The second-order valence-electron chi connectivity index (χ2n) is 5.63. The number of anilines is 1. The third kappa shape index (κ3) is 4.37. The van der Waals surface area contributed by atoms with Crippen molar-refractivity contribution in [3.63, 3.8) is 0 Å². The van der Waals surface area contributed by atoms with Gasteiger partial charge in [0.15, 0.2) is 6.61 Å². The molecule has 2 N–H and O–H groups in total. The molecule has 0 bridgehead atoms. The number of imide groups is 1. The Hall–Kier alpha value is -2.94. The average Bonchev–Trinajstić information content (AvgIpc) is 3.08. The number of aromatic nitrogens is 1. The first-order chi connectivity index (χ1) is 12.2. The molecular weight excluding hydrogens is 358 g/mol. The SMILES string of the molecule is CC(=O)Nc1sc(C)c(C)c1C(=O)OCC(=O)NC(=O)c1cccn1C. The van der Waals surface area contributed by atoms with Gasteiger partial charge in [-0.3, -0.25) is 19.7 Å². The number of esters is 1. The fraction of sp³-hybridized carbons (Fsp3) is 0.294. The Bertz CT molecular complexity index is 881. The van der Waals surface area contributed by atoms with Crippen LogP contribution in [0.2, 0.25) is 0 Å². The van der Waals surface area contributed by atoms with Crippen molar-refractivity contribution in [1.29, 1.82) is 0 Å². The van der Waals surface area contributed by atoms with E-state index in [1.807, 2.05) is 6.92 Å². The van der Waals surface area contributed by atoms with E-state index in [1.54, 1.807) is 36.9 Å². The van der Waals surface area contributed by atoms with Crippen LogP contribution in [0, 0.1) is 13.8 Å². The van der Waals surface area contributed by atoms with Gasteiger partial charge < -0.3 is 14.6 Å². The first-order valence-electron chi connectivity index (χ1n) is 7.71. The van der Waals surface area contributed by atoms with Crippen molar-refractivity contribution < 1.29 is 23.9 Å². The topological polar surface area (TPSA) is 106 Å². The third-order valence-corrected chi connectivity index (χ3v) is 4.77. The Balaban J connectivity index is 2.00. The van der Waals surface area contributed by atoms with E-state index in [1.165, 1.54) is 18.3 Å². The molecule has 2 aromatic rings. The summed E-state index contributed by atoms with van der Waals surface area (Å²) in [5.74, 6) is -2.38. The van der Waals surface area contributed by atoms with Gasteiger partial charge in [-0.15, -0.1) is 11.3 Å². The van der Waals surface area contributed by atoms with Crippen LogP contribution in [0.15, 0.2) is 18.3 Å². The molecule has 0 aliphatic heterocycles. The lowest BCUT2D eigenvalue weighted by atomic mass is 10.1. The van der Waals surface area contributed by atoms with Crippen molar-refractivity contribution in [2.45, 2.75) is 20.8 Å². The van der Waals surface area contributed by atoms with Gasteiger partial charge in [0, 0.05) is 25.0 Å². The van der Waals surface area contributed by atoms with E-state index in [4.69, 9.17) is 4.74 Å². The molecule has 0 aliphatic rings. The van der Waals surface area contributed by atoms with Crippen LogP contribution >= 0.6 is 11.3 Å². The van der Waals surface area contributed by atoms with Gasteiger partial charge in [0.05, 0.1) is 5.56 Å². The normalized spacial score (nSPS) is 10.3. The zero-order chi connectivity index (χ0) is 19.4. The first-order valence-corrected chi connectivity index (χ1v) is 8.52. The summed E-state index contributed by atoms with van der Waals surface area (Å²) < 4.78 is 6.56. The minimum atomic E-state index is -0.741. The fourth-order valence-corrected chi connectivity index (χ4v) is 3.34.